The molecule has 0 saturated heterocycles. The Morgan fingerprint density at radius 3 is 2.61 bits per heavy atom. The van der Waals surface area contributed by atoms with Crippen molar-refractivity contribution in [2.75, 3.05) is 12.4 Å². The van der Waals surface area contributed by atoms with Crippen LogP contribution in [0.4, 0.5) is 5.69 Å². The minimum absolute atomic E-state index is 0.0272. The Labute approximate surface area is 109 Å². The largest absolute Gasteiger partial charge is 0.387 e. The fraction of sp³-hybridized carbons (Fsp3) is 0.533. The van der Waals surface area contributed by atoms with Crippen molar-refractivity contribution >= 4 is 11.6 Å². The van der Waals surface area contributed by atoms with Crippen LogP contribution in [0.1, 0.15) is 43.0 Å². The molecule has 18 heavy (non-hydrogen) atoms. The lowest BCUT2D eigenvalue weighted by Gasteiger charge is -2.21. The number of anilines is 1. The molecule has 1 fully saturated rings. The van der Waals surface area contributed by atoms with Crippen molar-refractivity contribution in [2.24, 2.45) is 5.92 Å². The first kappa shape index (κ1) is 12.9. The normalized spacial score (nSPS) is 17.4. The van der Waals surface area contributed by atoms with Crippen molar-refractivity contribution in [1.29, 1.82) is 0 Å². The van der Waals surface area contributed by atoms with E-state index in [0.717, 1.165) is 11.3 Å². The highest BCUT2D eigenvalue weighted by Gasteiger charge is 2.23. The number of carbonyl (C=O) groups is 1. The minimum atomic E-state index is 0.0272. The monoisotopic (exact) mass is 246 g/mol. The molecule has 2 N–H and O–H groups in total. The van der Waals surface area contributed by atoms with E-state index in [1.54, 1.807) is 0 Å². The maximum atomic E-state index is 12.2. The second-order valence-electron chi connectivity index (χ2n) is 5.10. The Morgan fingerprint density at radius 1 is 1.28 bits per heavy atom. The maximum absolute atomic E-state index is 12.2. The van der Waals surface area contributed by atoms with Crippen molar-refractivity contribution in [3.63, 3.8) is 0 Å². The standard InChI is InChI=1S/C15H22N2O/c1-11(12-7-3-4-8-12)17-15(18)13-9-5-6-10-14(13)16-2/h5-6,9-12,16H,3-4,7-8H2,1-2H3,(H,17,18)/t11-/m0/s1. The summed E-state index contributed by atoms with van der Waals surface area (Å²) in [6.45, 7) is 2.12. The minimum Gasteiger partial charge on any atom is -0.387 e. The number of hydrogen-bond donors (Lipinski definition) is 2. The number of carbonyl (C=O) groups excluding carboxylic acids is 1. The van der Waals surface area contributed by atoms with E-state index in [1.165, 1.54) is 25.7 Å². The summed E-state index contributed by atoms with van der Waals surface area (Å²) >= 11 is 0. The summed E-state index contributed by atoms with van der Waals surface area (Å²) in [6, 6.07) is 7.89. The predicted octanol–water partition coefficient (Wildman–Crippen LogP) is 3.04. The Kier molecular flexibility index (Phi) is 4.24. The molecule has 1 aromatic carbocycles. The van der Waals surface area contributed by atoms with Gasteiger partial charge in [0.2, 0.25) is 0 Å². The molecule has 1 saturated carbocycles. The molecule has 1 aliphatic carbocycles. The van der Waals surface area contributed by atoms with Crippen LogP contribution < -0.4 is 10.6 Å². The molecule has 1 aliphatic rings. The number of hydrogen-bond acceptors (Lipinski definition) is 2. The van der Waals surface area contributed by atoms with Crippen LogP contribution in [0, 0.1) is 5.92 Å². The molecule has 3 nitrogen and oxygen atoms in total. The number of para-hydroxylation sites is 1. The van der Waals surface area contributed by atoms with E-state index in [-0.39, 0.29) is 11.9 Å². The Hall–Kier alpha value is -1.51. The van der Waals surface area contributed by atoms with E-state index in [0.29, 0.717) is 5.92 Å². The third-order valence-electron chi connectivity index (χ3n) is 3.91. The Morgan fingerprint density at radius 2 is 1.94 bits per heavy atom. The van der Waals surface area contributed by atoms with Gasteiger partial charge in [-0.05, 0) is 37.8 Å². The van der Waals surface area contributed by atoms with Crippen molar-refractivity contribution in [2.45, 2.75) is 38.6 Å². The highest BCUT2D eigenvalue weighted by atomic mass is 16.1. The van der Waals surface area contributed by atoms with Gasteiger partial charge in [-0.2, -0.15) is 0 Å². The van der Waals surface area contributed by atoms with Gasteiger partial charge in [0.25, 0.3) is 5.91 Å². The molecule has 0 radical (unpaired) electrons. The molecule has 1 amide bonds. The molecule has 1 atom stereocenters. The van der Waals surface area contributed by atoms with Gasteiger partial charge in [0.15, 0.2) is 0 Å². The number of rotatable bonds is 4. The van der Waals surface area contributed by atoms with Crippen molar-refractivity contribution in [3.05, 3.63) is 29.8 Å². The second-order valence-corrected chi connectivity index (χ2v) is 5.10. The average molecular weight is 246 g/mol. The first-order valence-corrected chi connectivity index (χ1v) is 6.80. The lowest BCUT2D eigenvalue weighted by molar-refractivity contribution is 0.0928. The SMILES string of the molecule is CNc1ccccc1C(=O)N[C@@H](C)C1CCCC1. The fourth-order valence-electron chi connectivity index (χ4n) is 2.76. The summed E-state index contributed by atoms with van der Waals surface area (Å²) in [5.41, 5.74) is 1.61. The fourth-order valence-corrected chi connectivity index (χ4v) is 2.76. The van der Waals surface area contributed by atoms with Gasteiger partial charge in [0.1, 0.15) is 0 Å². The van der Waals surface area contributed by atoms with E-state index >= 15 is 0 Å². The van der Waals surface area contributed by atoms with E-state index < -0.39 is 0 Å². The van der Waals surface area contributed by atoms with Crippen LogP contribution in [0.15, 0.2) is 24.3 Å². The highest BCUT2D eigenvalue weighted by molar-refractivity contribution is 5.99. The number of amides is 1. The second kappa shape index (κ2) is 5.89. The van der Waals surface area contributed by atoms with E-state index in [2.05, 4.69) is 17.6 Å². The van der Waals surface area contributed by atoms with Gasteiger partial charge in [-0.1, -0.05) is 25.0 Å². The first-order chi connectivity index (χ1) is 8.72. The molecule has 3 heteroatoms. The first-order valence-electron chi connectivity index (χ1n) is 6.80. The van der Waals surface area contributed by atoms with Gasteiger partial charge in [0.05, 0.1) is 5.56 Å². The van der Waals surface area contributed by atoms with Crippen LogP contribution >= 0.6 is 0 Å². The van der Waals surface area contributed by atoms with Crippen LogP contribution in [-0.2, 0) is 0 Å². The third kappa shape index (κ3) is 2.84. The maximum Gasteiger partial charge on any atom is 0.253 e. The summed E-state index contributed by atoms with van der Waals surface area (Å²) in [5.74, 6) is 0.676. The van der Waals surface area contributed by atoms with Crippen molar-refractivity contribution in [1.82, 2.24) is 5.32 Å². The molecular weight excluding hydrogens is 224 g/mol. The Balaban J connectivity index is 2.02. The predicted molar refractivity (Wildman–Crippen MR) is 74.9 cm³/mol. The van der Waals surface area contributed by atoms with Crippen molar-refractivity contribution < 1.29 is 4.79 Å². The molecule has 98 valence electrons. The topological polar surface area (TPSA) is 41.1 Å². The molecule has 1 aromatic rings. The Bertz CT molecular complexity index is 411. The van der Waals surface area contributed by atoms with Crippen LogP contribution in [-0.4, -0.2) is 19.0 Å². The summed E-state index contributed by atoms with van der Waals surface area (Å²) in [5, 5.41) is 6.19. The van der Waals surface area contributed by atoms with Crippen LogP contribution in [0.5, 0.6) is 0 Å². The molecule has 0 heterocycles. The third-order valence-corrected chi connectivity index (χ3v) is 3.91. The van der Waals surface area contributed by atoms with E-state index in [4.69, 9.17) is 0 Å². The lowest BCUT2D eigenvalue weighted by Crippen LogP contribution is -2.37. The molecule has 0 bridgehead atoms. The summed E-state index contributed by atoms with van der Waals surface area (Å²) < 4.78 is 0. The molecule has 0 spiro atoms. The molecule has 0 aromatic heterocycles. The average Bonchev–Trinajstić information content (AvgIpc) is 2.92. The molecular formula is C15H22N2O. The molecule has 0 aliphatic heterocycles. The summed E-state index contributed by atoms with van der Waals surface area (Å²) in [7, 11) is 1.84. The quantitative estimate of drug-likeness (QED) is 0.857. The van der Waals surface area contributed by atoms with Gasteiger partial charge in [-0.25, -0.2) is 0 Å². The van der Waals surface area contributed by atoms with E-state index in [1.807, 2.05) is 31.3 Å². The lowest BCUT2D eigenvalue weighted by atomic mass is 9.99. The summed E-state index contributed by atoms with van der Waals surface area (Å²) in [4.78, 5) is 12.2. The van der Waals surface area contributed by atoms with Gasteiger partial charge in [0, 0.05) is 18.8 Å². The summed E-state index contributed by atoms with van der Waals surface area (Å²) in [6.07, 6.45) is 5.10. The van der Waals surface area contributed by atoms with Crippen LogP contribution in [0.3, 0.4) is 0 Å². The zero-order valence-corrected chi connectivity index (χ0v) is 11.2. The molecule has 0 unspecified atom stereocenters. The van der Waals surface area contributed by atoms with Gasteiger partial charge >= 0.3 is 0 Å². The van der Waals surface area contributed by atoms with Gasteiger partial charge in [-0.15, -0.1) is 0 Å². The van der Waals surface area contributed by atoms with Crippen LogP contribution in [0.2, 0.25) is 0 Å². The zero-order valence-electron chi connectivity index (χ0n) is 11.2. The van der Waals surface area contributed by atoms with E-state index in [9.17, 15) is 4.79 Å². The van der Waals surface area contributed by atoms with Gasteiger partial charge in [-0.3, -0.25) is 4.79 Å². The van der Waals surface area contributed by atoms with Gasteiger partial charge < -0.3 is 10.6 Å². The highest BCUT2D eigenvalue weighted by Crippen LogP contribution is 2.27. The number of benzene rings is 1. The van der Waals surface area contributed by atoms with Crippen LogP contribution in [0.25, 0.3) is 0 Å². The zero-order chi connectivity index (χ0) is 13.0. The molecule has 2 rings (SSSR count). The number of nitrogens with one attached hydrogen (secondary N) is 2. The van der Waals surface area contributed by atoms with Crippen molar-refractivity contribution in [3.8, 4) is 0 Å². The smallest absolute Gasteiger partial charge is 0.253 e.